The van der Waals surface area contributed by atoms with Crippen molar-refractivity contribution >= 4 is 68.7 Å². The zero-order valence-electron chi connectivity index (χ0n) is 23.6. The van der Waals surface area contributed by atoms with E-state index in [4.69, 9.17) is 14.2 Å². The molecule has 1 fully saturated rings. The van der Waals surface area contributed by atoms with E-state index in [2.05, 4.69) is 0 Å². The molecule has 3 atom stereocenters. The van der Waals surface area contributed by atoms with Gasteiger partial charge in [-0.15, -0.1) is 0 Å². The number of hydrogen-bond donors (Lipinski definition) is 1. The van der Waals surface area contributed by atoms with Crippen molar-refractivity contribution in [2.75, 3.05) is 13.9 Å². The molecule has 3 aromatic rings. The fourth-order valence-corrected chi connectivity index (χ4v) is 10.4. The van der Waals surface area contributed by atoms with Gasteiger partial charge in [-0.2, -0.15) is 0 Å². The summed E-state index contributed by atoms with van der Waals surface area (Å²) in [6.45, 7) is -1.79. The molecule has 1 unspecified atom stereocenters. The van der Waals surface area contributed by atoms with Gasteiger partial charge in [0.05, 0.1) is 0 Å². The normalized spacial score (nSPS) is 16.9. The van der Waals surface area contributed by atoms with Crippen LogP contribution in [0.15, 0.2) is 91.0 Å². The molecule has 0 saturated carbocycles. The number of Topliss-reactive ketones (excluding diaryl/α,β-unsaturated/α-hetero) is 1. The fourth-order valence-electron chi connectivity index (χ4n) is 4.74. The largest absolute Gasteiger partial charge is 0.428 e. The summed E-state index contributed by atoms with van der Waals surface area (Å²) in [4.78, 5) is 65.5. The molecular formula is C31H30NO9PS. The monoisotopic (exact) mass is 623 g/mol. The first-order valence-corrected chi connectivity index (χ1v) is 15.8. The van der Waals surface area contributed by atoms with Crippen molar-refractivity contribution in [1.82, 2.24) is 4.90 Å². The number of nitrogens with zero attached hydrogens (tertiary/aromatic N) is 1. The number of thioether (sulfide) groups is 1. The molecule has 224 valence electrons. The van der Waals surface area contributed by atoms with E-state index in [1.165, 1.54) is 7.11 Å². The highest BCUT2D eigenvalue weighted by molar-refractivity contribution is 8.14. The second-order valence-corrected chi connectivity index (χ2v) is 13.8. The van der Waals surface area contributed by atoms with E-state index >= 15 is 0 Å². The Morgan fingerprint density at radius 2 is 1.30 bits per heavy atom. The maximum Gasteiger partial charge on any atom is 0.358 e. The van der Waals surface area contributed by atoms with E-state index in [1.54, 1.807) is 0 Å². The number of benzene rings is 3. The summed E-state index contributed by atoms with van der Waals surface area (Å²) in [6, 6.07) is 27.4. The second-order valence-electron chi connectivity index (χ2n) is 9.39. The molecule has 0 spiro atoms. The van der Waals surface area contributed by atoms with Crippen molar-refractivity contribution in [2.45, 2.75) is 31.4 Å². The number of methoxy groups -OCH3 is 1. The molecule has 0 radical (unpaired) electrons. The van der Waals surface area contributed by atoms with E-state index in [0.29, 0.717) is 27.7 Å². The third-order valence-corrected chi connectivity index (χ3v) is 12.1. The van der Waals surface area contributed by atoms with Gasteiger partial charge in [-0.3, -0.25) is 24.1 Å². The summed E-state index contributed by atoms with van der Waals surface area (Å²) in [6.07, 6.45) is -3.11. The molecule has 4 rings (SSSR count). The van der Waals surface area contributed by atoms with E-state index in [0.717, 1.165) is 18.7 Å². The number of ether oxygens (including phenoxy) is 3. The maximum atomic E-state index is 14.3. The second kappa shape index (κ2) is 14.0. The molecule has 3 aromatic carbocycles. The SMILES string of the molecule is CO[C@@H]1C(=O)N(C(C(=O)OCOC(C)=O)=P(c2ccccc2)(c2ccccc2)c2ccccc2)[C@H]1SC(=O)C(O)C(C)=O. The zero-order valence-corrected chi connectivity index (χ0v) is 25.3. The predicted octanol–water partition coefficient (Wildman–Crippen LogP) is 1.57. The van der Waals surface area contributed by atoms with Gasteiger partial charge in [0.2, 0.25) is 11.9 Å². The van der Waals surface area contributed by atoms with Crippen LogP contribution in [-0.2, 0) is 38.2 Å². The summed E-state index contributed by atoms with van der Waals surface area (Å²) < 4.78 is 15.8. The number of aliphatic hydroxyl groups excluding tert-OH is 1. The summed E-state index contributed by atoms with van der Waals surface area (Å²) in [5.41, 5.74) is -0.0934. The van der Waals surface area contributed by atoms with Gasteiger partial charge in [0.1, 0.15) is 10.8 Å². The Hall–Kier alpha value is -4.02. The molecular weight excluding hydrogens is 593 g/mol. The predicted molar refractivity (Wildman–Crippen MR) is 164 cm³/mol. The number of amides is 1. The number of rotatable bonds is 11. The third-order valence-electron chi connectivity index (χ3n) is 6.70. The fraction of sp³-hybridized carbons (Fsp3) is 0.226. The topological polar surface area (TPSA) is 137 Å². The van der Waals surface area contributed by atoms with E-state index in [-0.39, 0.29) is 5.42 Å². The molecule has 1 heterocycles. The van der Waals surface area contributed by atoms with Gasteiger partial charge < -0.3 is 19.3 Å². The Bertz CT molecular complexity index is 1460. The Morgan fingerprint density at radius 3 is 1.70 bits per heavy atom. The molecule has 43 heavy (non-hydrogen) atoms. The molecule has 1 N–H and O–H groups in total. The molecule has 0 aliphatic carbocycles. The Kier molecular flexibility index (Phi) is 10.4. The number of likely N-dealkylation sites (tertiary alicyclic amines) is 1. The molecule has 12 heteroatoms. The van der Waals surface area contributed by atoms with Crippen LogP contribution in [0, 0.1) is 0 Å². The van der Waals surface area contributed by atoms with Crippen molar-refractivity contribution in [3.05, 3.63) is 91.0 Å². The van der Waals surface area contributed by atoms with Crippen LogP contribution in [-0.4, -0.2) is 75.7 Å². The summed E-state index contributed by atoms with van der Waals surface area (Å²) >= 11 is 0.518. The maximum absolute atomic E-state index is 14.3. The Balaban J connectivity index is 2.11. The van der Waals surface area contributed by atoms with Crippen LogP contribution in [0.5, 0.6) is 0 Å². The summed E-state index contributed by atoms with van der Waals surface area (Å²) in [5, 5.41) is 10.2. The van der Waals surface area contributed by atoms with Crippen LogP contribution in [0.2, 0.25) is 0 Å². The number of β-lactam (4-membered cyclic amide) rings is 1. The molecule has 1 saturated heterocycles. The number of aliphatic hydroxyl groups is 1. The van der Waals surface area contributed by atoms with Gasteiger partial charge in [-0.1, -0.05) is 103 Å². The first-order valence-electron chi connectivity index (χ1n) is 13.1. The first kappa shape index (κ1) is 31.9. The van der Waals surface area contributed by atoms with Crippen LogP contribution in [0.4, 0.5) is 0 Å². The van der Waals surface area contributed by atoms with Crippen LogP contribution < -0.4 is 15.9 Å². The minimum absolute atomic E-state index is 0.0934. The minimum Gasteiger partial charge on any atom is -0.428 e. The lowest BCUT2D eigenvalue weighted by Crippen LogP contribution is -2.68. The van der Waals surface area contributed by atoms with Crippen molar-refractivity contribution in [1.29, 1.82) is 0 Å². The minimum atomic E-state index is -3.31. The van der Waals surface area contributed by atoms with Gasteiger partial charge in [-0.25, -0.2) is 4.79 Å². The smallest absolute Gasteiger partial charge is 0.358 e. The van der Waals surface area contributed by atoms with Crippen LogP contribution in [0.1, 0.15) is 13.8 Å². The average Bonchev–Trinajstić information content (AvgIpc) is 3.01. The number of hydrogen-bond acceptors (Lipinski definition) is 10. The van der Waals surface area contributed by atoms with Gasteiger partial charge in [0, 0.05) is 20.9 Å². The molecule has 1 amide bonds. The highest BCUT2D eigenvalue weighted by Crippen LogP contribution is 2.50. The van der Waals surface area contributed by atoms with E-state index in [1.807, 2.05) is 91.0 Å². The zero-order chi connectivity index (χ0) is 31.1. The molecule has 1 aliphatic heterocycles. The van der Waals surface area contributed by atoms with Gasteiger partial charge >= 0.3 is 11.9 Å². The van der Waals surface area contributed by atoms with Crippen LogP contribution in [0.25, 0.3) is 0 Å². The number of carbonyl (C=O) groups excluding carboxylic acids is 5. The Labute approximate surface area is 252 Å². The van der Waals surface area contributed by atoms with E-state index in [9.17, 15) is 29.1 Å². The number of esters is 2. The first-order chi connectivity index (χ1) is 20.6. The van der Waals surface area contributed by atoms with Crippen molar-refractivity contribution < 1.29 is 43.3 Å². The molecule has 1 aliphatic rings. The molecule has 10 nitrogen and oxygen atoms in total. The van der Waals surface area contributed by atoms with Crippen molar-refractivity contribution in [3.8, 4) is 0 Å². The quantitative estimate of drug-likeness (QED) is 0.110. The highest BCUT2D eigenvalue weighted by Gasteiger charge is 2.55. The number of ketones is 1. The average molecular weight is 624 g/mol. The van der Waals surface area contributed by atoms with Gasteiger partial charge in [0.15, 0.2) is 18.0 Å². The summed E-state index contributed by atoms with van der Waals surface area (Å²) in [7, 11) is 1.28. The third kappa shape index (κ3) is 6.35. The Morgan fingerprint density at radius 1 is 0.837 bits per heavy atom. The van der Waals surface area contributed by atoms with E-state index < -0.39 is 60.0 Å². The standard InChI is InChI=1S/C31H30NO9PS/c1-20(33)25(35)31(38)43-29-26(39-3)27(36)32(29)28(30(37)41-19-40-21(2)34)42(22-13-7-4-8-14-22,23-15-9-5-10-16-23)24-17-11-6-12-18-24/h4-18,25-26,29,35H,19H2,1-3H3/t25?,26-,29+/m1/s1. The van der Waals surface area contributed by atoms with Crippen molar-refractivity contribution in [2.24, 2.45) is 0 Å². The highest BCUT2D eigenvalue weighted by atomic mass is 32.2. The molecule has 0 aromatic heterocycles. The van der Waals surface area contributed by atoms with Gasteiger partial charge in [-0.05, 0) is 22.8 Å². The van der Waals surface area contributed by atoms with Crippen LogP contribution >= 0.6 is 18.6 Å². The lowest BCUT2D eigenvalue weighted by molar-refractivity contribution is -0.164. The lowest BCUT2D eigenvalue weighted by atomic mass is 10.1. The summed E-state index contributed by atoms with van der Waals surface area (Å²) in [5.74, 6) is -3.04. The van der Waals surface area contributed by atoms with Gasteiger partial charge in [0.25, 0.3) is 5.91 Å². The van der Waals surface area contributed by atoms with Crippen LogP contribution in [0.3, 0.4) is 0 Å². The molecule has 0 bridgehead atoms. The number of carbonyl (C=O) groups is 5. The lowest BCUT2D eigenvalue weighted by Gasteiger charge is -2.48. The van der Waals surface area contributed by atoms with Crippen molar-refractivity contribution in [3.63, 3.8) is 0 Å².